The number of halogens is 3. The first-order valence-corrected chi connectivity index (χ1v) is 8.57. The molecule has 2 N–H and O–H groups in total. The van der Waals surface area contributed by atoms with Crippen molar-refractivity contribution in [3.63, 3.8) is 0 Å². The number of fused-ring (bicyclic) bond motifs is 3. The molecule has 6 heteroatoms. The highest BCUT2D eigenvalue weighted by Gasteiger charge is 2.18. The zero-order chi connectivity index (χ0) is 18.4. The van der Waals surface area contributed by atoms with Crippen molar-refractivity contribution >= 4 is 50.9 Å². The number of carbonyl (C=O) groups is 1. The molecule has 1 heterocycles. The van der Waals surface area contributed by atoms with Gasteiger partial charge in [0, 0.05) is 32.9 Å². The highest BCUT2D eigenvalue weighted by Crippen LogP contribution is 2.33. The second-order valence-corrected chi connectivity index (χ2v) is 6.81. The predicted octanol–water partition coefficient (Wildman–Crippen LogP) is 5.19. The molecular formula is C20H12Cl2FN2O. The maximum absolute atomic E-state index is 13.9. The standard InChI is InChI=1S/C20H12Cl2FN2O/c21-12-4-7-16(22)11(8-12)10-25-17-3-1-2-15(20(24)26)19(17)14-6-5-13(23)9-18(14)25/h1-5,7-9H,10H2,(H2,24,26). The van der Waals surface area contributed by atoms with E-state index in [9.17, 15) is 9.18 Å². The van der Waals surface area contributed by atoms with Crippen molar-refractivity contribution < 1.29 is 9.18 Å². The topological polar surface area (TPSA) is 48.0 Å². The summed E-state index contributed by atoms with van der Waals surface area (Å²) in [6.45, 7) is 0.360. The van der Waals surface area contributed by atoms with Crippen LogP contribution in [0, 0.1) is 11.9 Å². The van der Waals surface area contributed by atoms with Gasteiger partial charge in [0.05, 0.1) is 11.0 Å². The second kappa shape index (κ2) is 6.31. The van der Waals surface area contributed by atoms with E-state index >= 15 is 0 Å². The van der Waals surface area contributed by atoms with Crippen molar-refractivity contribution in [3.8, 4) is 0 Å². The van der Waals surface area contributed by atoms with Gasteiger partial charge in [-0.2, -0.15) is 0 Å². The molecule has 4 aromatic rings. The van der Waals surface area contributed by atoms with Gasteiger partial charge in [-0.25, -0.2) is 4.39 Å². The molecule has 0 aliphatic heterocycles. The van der Waals surface area contributed by atoms with Gasteiger partial charge in [0.15, 0.2) is 0 Å². The number of nitrogens with zero attached hydrogens (tertiary/aromatic N) is 1. The Bertz CT molecular complexity index is 1180. The highest BCUT2D eigenvalue weighted by molar-refractivity contribution is 6.33. The number of amides is 1. The quantitative estimate of drug-likeness (QED) is 0.518. The van der Waals surface area contributed by atoms with Crippen LogP contribution in [-0.2, 0) is 6.54 Å². The van der Waals surface area contributed by atoms with E-state index < -0.39 is 11.7 Å². The van der Waals surface area contributed by atoms with E-state index in [0.717, 1.165) is 11.1 Å². The maximum atomic E-state index is 13.9. The van der Waals surface area contributed by atoms with Gasteiger partial charge in [0.2, 0.25) is 5.91 Å². The molecule has 0 bridgehead atoms. The number of carbonyl (C=O) groups excluding carboxylic acids is 1. The summed E-state index contributed by atoms with van der Waals surface area (Å²) in [6.07, 6.45) is 0. The molecule has 0 fully saturated rings. The fraction of sp³-hybridized carbons (Fsp3) is 0.0500. The summed E-state index contributed by atoms with van der Waals surface area (Å²) in [4.78, 5) is 11.9. The highest BCUT2D eigenvalue weighted by atomic mass is 35.5. The Labute approximate surface area is 158 Å². The number of rotatable bonds is 3. The first-order chi connectivity index (χ1) is 12.5. The van der Waals surface area contributed by atoms with Crippen LogP contribution < -0.4 is 5.73 Å². The van der Waals surface area contributed by atoms with Crippen LogP contribution in [-0.4, -0.2) is 10.5 Å². The lowest BCUT2D eigenvalue weighted by Crippen LogP contribution is -2.11. The van der Waals surface area contributed by atoms with Crippen LogP contribution in [0.3, 0.4) is 0 Å². The second-order valence-electron chi connectivity index (χ2n) is 5.96. The van der Waals surface area contributed by atoms with Crippen LogP contribution in [0.4, 0.5) is 4.39 Å². The Morgan fingerprint density at radius 3 is 2.73 bits per heavy atom. The molecule has 26 heavy (non-hydrogen) atoms. The van der Waals surface area contributed by atoms with Crippen molar-refractivity contribution in [2.75, 3.05) is 0 Å². The minimum Gasteiger partial charge on any atom is -0.366 e. The summed E-state index contributed by atoms with van der Waals surface area (Å²) in [5.74, 6) is -0.965. The number of aromatic nitrogens is 1. The Morgan fingerprint density at radius 2 is 1.96 bits per heavy atom. The summed E-state index contributed by atoms with van der Waals surface area (Å²) < 4.78 is 15.8. The summed E-state index contributed by atoms with van der Waals surface area (Å²) in [5, 5.41) is 2.39. The Hall–Kier alpha value is -2.56. The molecule has 0 aliphatic rings. The molecule has 4 rings (SSSR count). The van der Waals surface area contributed by atoms with Gasteiger partial charge in [0.25, 0.3) is 0 Å². The minimum absolute atomic E-state index is 0.360. The van der Waals surface area contributed by atoms with Crippen molar-refractivity contribution in [1.82, 2.24) is 4.57 Å². The SMILES string of the molecule is NC(=O)c1cccc2c1c1[c]cc(F)cc1n2Cc1cc(Cl)ccc1Cl. The third-order valence-corrected chi connectivity index (χ3v) is 4.96. The molecule has 0 aliphatic carbocycles. The molecular weight excluding hydrogens is 374 g/mol. The van der Waals surface area contributed by atoms with Gasteiger partial charge >= 0.3 is 0 Å². The lowest BCUT2D eigenvalue weighted by molar-refractivity contribution is 0.100. The van der Waals surface area contributed by atoms with Gasteiger partial charge in [-0.3, -0.25) is 4.79 Å². The number of benzene rings is 3. The van der Waals surface area contributed by atoms with Gasteiger partial charge in [0.1, 0.15) is 5.82 Å². The van der Waals surface area contributed by atoms with Crippen LogP contribution in [0.5, 0.6) is 0 Å². The van der Waals surface area contributed by atoms with E-state index in [1.165, 1.54) is 12.1 Å². The number of primary amides is 1. The molecule has 1 aromatic heterocycles. The van der Waals surface area contributed by atoms with Crippen molar-refractivity contribution in [2.45, 2.75) is 6.54 Å². The molecule has 1 amide bonds. The summed E-state index contributed by atoms with van der Waals surface area (Å²) in [6, 6.07) is 16.0. The van der Waals surface area contributed by atoms with E-state index in [1.807, 2.05) is 10.6 Å². The molecule has 129 valence electrons. The predicted molar refractivity (Wildman–Crippen MR) is 102 cm³/mol. The number of nitrogens with two attached hydrogens (primary N) is 1. The number of hydrogen-bond donors (Lipinski definition) is 1. The van der Waals surface area contributed by atoms with Crippen molar-refractivity contribution in [1.29, 1.82) is 0 Å². The summed E-state index contributed by atoms with van der Waals surface area (Å²) in [7, 11) is 0. The first-order valence-electron chi connectivity index (χ1n) is 7.81. The van der Waals surface area contributed by atoms with Crippen LogP contribution in [0.25, 0.3) is 21.8 Å². The molecule has 3 aromatic carbocycles. The average Bonchev–Trinajstić information content (AvgIpc) is 2.91. The van der Waals surface area contributed by atoms with Gasteiger partial charge < -0.3 is 10.3 Å². The molecule has 3 nitrogen and oxygen atoms in total. The first kappa shape index (κ1) is 16.9. The summed E-state index contributed by atoms with van der Waals surface area (Å²) in [5.41, 5.74) is 8.03. The van der Waals surface area contributed by atoms with Gasteiger partial charge in [-0.1, -0.05) is 29.3 Å². The fourth-order valence-corrected chi connectivity index (χ4v) is 3.61. The molecule has 0 spiro atoms. The molecule has 0 unspecified atom stereocenters. The minimum atomic E-state index is -0.548. The van der Waals surface area contributed by atoms with E-state index in [2.05, 4.69) is 6.07 Å². The molecule has 0 saturated heterocycles. The van der Waals surface area contributed by atoms with E-state index in [0.29, 0.717) is 38.4 Å². The molecule has 0 atom stereocenters. The Balaban J connectivity index is 2.06. The van der Waals surface area contributed by atoms with E-state index in [4.69, 9.17) is 28.9 Å². The van der Waals surface area contributed by atoms with Crippen LogP contribution >= 0.6 is 23.2 Å². The molecule has 0 saturated carbocycles. The van der Waals surface area contributed by atoms with Crippen molar-refractivity contribution in [2.24, 2.45) is 5.73 Å². The lowest BCUT2D eigenvalue weighted by atomic mass is 10.1. The third kappa shape index (κ3) is 2.71. The summed E-state index contributed by atoms with van der Waals surface area (Å²) >= 11 is 12.4. The van der Waals surface area contributed by atoms with Gasteiger partial charge in [-0.05, 0) is 54.1 Å². The Morgan fingerprint density at radius 1 is 1.15 bits per heavy atom. The monoisotopic (exact) mass is 385 g/mol. The third-order valence-electron chi connectivity index (χ3n) is 4.36. The molecule has 1 radical (unpaired) electrons. The number of hydrogen-bond acceptors (Lipinski definition) is 1. The average molecular weight is 386 g/mol. The zero-order valence-electron chi connectivity index (χ0n) is 13.4. The van der Waals surface area contributed by atoms with Crippen molar-refractivity contribution in [3.05, 3.63) is 81.6 Å². The Kier molecular flexibility index (Phi) is 4.10. The van der Waals surface area contributed by atoms with E-state index in [-0.39, 0.29) is 0 Å². The fourth-order valence-electron chi connectivity index (χ4n) is 3.24. The maximum Gasteiger partial charge on any atom is 0.249 e. The largest absolute Gasteiger partial charge is 0.366 e. The normalized spacial score (nSPS) is 11.3. The van der Waals surface area contributed by atoms with Crippen LogP contribution in [0.15, 0.2) is 48.5 Å². The van der Waals surface area contributed by atoms with Gasteiger partial charge in [-0.15, -0.1) is 0 Å². The smallest absolute Gasteiger partial charge is 0.249 e. The lowest BCUT2D eigenvalue weighted by Gasteiger charge is -2.10. The zero-order valence-corrected chi connectivity index (χ0v) is 14.9. The van der Waals surface area contributed by atoms with E-state index in [1.54, 1.807) is 30.3 Å². The van der Waals surface area contributed by atoms with Crippen LogP contribution in [0.2, 0.25) is 10.0 Å². The van der Waals surface area contributed by atoms with Crippen LogP contribution in [0.1, 0.15) is 15.9 Å².